The molecule has 1 aliphatic rings. The number of nitrogens with zero attached hydrogens (tertiary/aromatic N) is 1. The highest BCUT2D eigenvalue weighted by atomic mass is 16.5. The fraction of sp³-hybridized carbons (Fsp3) is 0.476. The van der Waals surface area contributed by atoms with Crippen molar-refractivity contribution in [1.82, 2.24) is 10.2 Å². The Morgan fingerprint density at radius 3 is 2.88 bits per heavy atom. The first kappa shape index (κ1) is 18.5. The zero-order chi connectivity index (χ0) is 18.2. The number of para-hydroxylation sites is 1. The summed E-state index contributed by atoms with van der Waals surface area (Å²) in [4.78, 5) is 14.7. The summed E-state index contributed by atoms with van der Waals surface area (Å²) in [5.74, 6) is 1.59. The van der Waals surface area contributed by atoms with Crippen molar-refractivity contribution in [3.8, 4) is 5.75 Å². The molecule has 0 spiro atoms. The Morgan fingerprint density at radius 1 is 1.23 bits per heavy atom. The number of rotatable bonds is 8. The van der Waals surface area contributed by atoms with E-state index < -0.39 is 0 Å². The third-order valence-corrected chi connectivity index (χ3v) is 4.86. The maximum absolute atomic E-state index is 12.2. The molecule has 2 heterocycles. The summed E-state index contributed by atoms with van der Waals surface area (Å²) in [5.41, 5.74) is 0. The van der Waals surface area contributed by atoms with Crippen LogP contribution in [0.2, 0.25) is 0 Å². The Kier molecular flexibility index (Phi) is 6.72. The molecule has 0 aliphatic carbocycles. The van der Waals surface area contributed by atoms with Crippen LogP contribution >= 0.6 is 0 Å². The van der Waals surface area contributed by atoms with Crippen LogP contribution in [-0.2, 0) is 6.61 Å². The summed E-state index contributed by atoms with van der Waals surface area (Å²) in [5, 5.41) is 2.94. The topological polar surface area (TPSA) is 54.7 Å². The highest BCUT2D eigenvalue weighted by Gasteiger charge is 2.17. The molecular formula is C21H28N2O3. The van der Waals surface area contributed by atoms with Gasteiger partial charge in [-0.3, -0.25) is 4.79 Å². The zero-order valence-corrected chi connectivity index (χ0v) is 15.4. The molecule has 1 aromatic carbocycles. The molecule has 1 aromatic heterocycles. The number of ether oxygens (including phenoxy) is 1. The number of carbonyl (C=O) groups is 1. The van der Waals surface area contributed by atoms with Crippen LogP contribution in [-0.4, -0.2) is 36.5 Å². The van der Waals surface area contributed by atoms with Crippen LogP contribution < -0.4 is 10.1 Å². The van der Waals surface area contributed by atoms with Gasteiger partial charge >= 0.3 is 0 Å². The van der Waals surface area contributed by atoms with Crippen molar-refractivity contribution < 1.29 is 13.9 Å². The van der Waals surface area contributed by atoms with E-state index in [1.54, 1.807) is 12.1 Å². The molecule has 3 rings (SSSR count). The lowest BCUT2D eigenvalue weighted by atomic mass is 10.0. The molecule has 1 fully saturated rings. The fourth-order valence-corrected chi connectivity index (χ4v) is 3.31. The van der Waals surface area contributed by atoms with E-state index in [1.165, 1.54) is 25.8 Å². The van der Waals surface area contributed by atoms with Gasteiger partial charge in [-0.05, 0) is 57.0 Å². The van der Waals surface area contributed by atoms with E-state index >= 15 is 0 Å². The van der Waals surface area contributed by atoms with E-state index in [4.69, 9.17) is 9.15 Å². The Hall–Kier alpha value is -2.27. The van der Waals surface area contributed by atoms with Crippen molar-refractivity contribution in [2.75, 3.05) is 19.6 Å². The summed E-state index contributed by atoms with van der Waals surface area (Å²) >= 11 is 0. The minimum absolute atomic E-state index is 0.164. The van der Waals surface area contributed by atoms with Crippen LogP contribution in [0.15, 0.2) is 46.9 Å². The number of carbonyl (C=O) groups excluding carboxylic acids is 1. The van der Waals surface area contributed by atoms with Crippen molar-refractivity contribution in [2.45, 2.75) is 45.3 Å². The van der Waals surface area contributed by atoms with Crippen LogP contribution in [0, 0.1) is 0 Å². The van der Waals surface area contributed by atoms with Gasteiger partial charge in [0, 0.05) is 19.1 Å². The van der Waals surface area contributed by atoms with E-state index in [0.717, 1.165) is 18.7 Å². The second-order valence-corrected chi connectivity index (χ2v) is 6.86. The first-order valence-electron chi connectivity index (χ1n) is 9.51. The number of piperidine rings is 1. The third-order valence-electron chi connectivity index (χ3n) is 4.86. The Labute approximate surface area is 155 Å². The molecule has 5 heteroatoms. The van der Waals surface area contributed by atoms with E-state index in [-0.39, 0.29) is 5.91 Å². The third kappa shape index (κ3) is 5.36. The van der Waals surface area contributed by atoms with Gasteiger partial charge in [0.25, 0.3) is 5.91 Å². The average molecular weight is 356 g/mol. The van der Waals surface area contributed by atoms with Crippen molar-refractivity contribution in [3.63, 3.8) is 0 Å². The molecule has 140 valence electrons. The van der Waals surface area contributed by atoms with Gasteiger partial charge in [0.2, 0.25) is 0 Å². The standard InChI is InChI=1S/C21H28N2O3/c1-17-8-5-6-14-23(17)15-7-13-22-21(24)20-12-11-19(26-20)16-25-18-9-3-2-4-10-18/h2-4,9-12,17H,5-8,13-16H2,1H3,(H,22,24). The molecule has 1 atom stereocenters. The van der Waals surface area contributed by atoms with Crippen LogP contribution in [0.4, 0.5) is 0 Å². The van der Waals surface area contributed by atoms with Crippen LogP contribution in [0.5, 0.6) is 5.75 Å². The molecule has 1 N–H and O–H groups in total. The number of benzene rings is 1. The van der Waals surface area contributed by atoms with E-state index in [0.29, 0.717) is 30.7 Å². The van der Waals surface area contributed by atoms with Crippen molar-refractivity contribution in [1.29, 1.82) is 0 Å². The summed E-state index contributed by atoms with van der Waals surface area (Å²) in [6, 6.07) is 13.7. The maximum atomic E-state index is 12.2. The number of furan rings is 1. The lowest BCUT2D eigenvalue weighted by Crippen LogP contribution is -2.39. The summed E-state index contributed by atoms with van der Waals surface area (Å²) in [6.45, 7) is 5.48. The molecule has 1 aliphatic heterocycles. The summed E-state index contributed by atoms with van der Waals surface area (Å²) in [7, 11) is 0. The van der Waals surface area contributed by atoms with Gasteiger partial charge in [-0.2, -0.15) is 0 Å². The maximum Gasteiger partial charge on any atom is 0.286 e. The molecule has 26 heavy (non-hydrogen) atoms. The molecular weight excluding hydrogens is 328 g/mol. The van der Waals surface area contributed by atoms with E-state index in [9.17, 15) is 4.79 Å². The number of likely N-dealkylation sites (tertiary alicyclic amines) is 1. The van der Waals surface area contributed by atoms with Gasteiger partial charge in [0.1, 0.15) is 18.1 Å². The van der Waals surface area contributed by atoms with Crippen molar-refractivity contribution >= 4 is 5.91 Å². The number of hydrogen-bond acceptors (Lipinski definition) is 4. The fourth-order valence-electron chi connectivity index (χ4n) is 3.31. The van der Waals surface area contributed by atoms with E-state index in [1.807, 2.05) is 30.3 Å². The molecule has 0 bridgehead atoms. The van der Waals surface area contributed by atoms with Gasteiger partial charge in [-0.15, -0.1) is 0 Å². The summed E-state index contributed by atoms with van der Waals surface area (Å²) < 4.78 is 11.2. The minimum atomic E-state index is -0.164. The number of amides is 1. The van der Waals surface area contributed by atoms with E-state index in [2.05, 4.69) is 17.1 Å². The van der Waals surface area contributed by atoms with Crippen molar-refractivity contribution in [2.24, 2.45) is 0 Å². The Morgan fingerprint density at radius 2 is 2.08 bits per heavy atom. The van der Waals surface area contributed by atoms with Crippen LogP contribution in [0.1, 0.15) is 48.9 Å². The summed E-state index contributed by atoms with van der Waals surface area (Å²) in [6.07, 6.45) is 4.87. The number of nitrogens with one attached hydrogen (secondary N) is 1. The molecule has 1 unspecified atom stereocenters. The highest BCUT2D eigenvalue weighted by molar-refractivity contribution is 5.91. The largest absolute Gasteiger partial charge is 0.486 e. The highest BCUT2D eigenvalue weighted by Crippen LogP contribution is 2.16. The van der Waals surface area contributed by atoms with Gasteiger partial charge in [0.05, 0.1) is 0 Å². The van der Waals surface area contributed by atoms with Gasteiger partial charge in [-0.1, -0.05) is 24.6 Å². The first-order valence-corrected chi connectivity index (χ1v) is 9.51. The molecule has 1 saturated heterocycles. The quantitative estimate of drug-likeness (QED) is 0.730. The normalized spacial score (nSPS) is 17.8. The first-order chi connectivity index (χ1) is 12.7. The molecule has 5 nitrogen and oxygen atoms in total. The second kappa shape index (κ2) is 9.43. The Bertz CT molecular complexity index is 684. The monoisotopic (exact) mass is 356 g/mol. The predicted molar refractivity (Wildman–Crippen MR) is 101 cm³/mol. The lowest BCUT2D eigenvalue weighted by molar-refractivity contribution is 0.0917. The number of hydrogen-bond donors (Lipinski definition) is 1. The average Bonchev–Trinajstić information content (AvgIpc) is 3.15. The van der Waals surface area contributed by atoms with Crippen LogP contribution in [0.25, 0.3) is 0 Å². The Balaban J connectivity index is 1.37. The SMILES string of the molecule is CC1CCCCN1CCCNC(=O)c1ccc(COc2ccccc2)o1. The predicted octanol–water partition coefficient (Wildman–Crippen LogP) is 3.85. The molecule has 2 aromatic rings. The van der Waals surface area contributed by atoms with Gasteiger partial charge in [-0.25, -0.2) is 0 Å². The van der Waals surface area contributed by atoms with Gasteiger partial charge in [0.15, 0.2) is 5.76 Å². The van der Waals surface area contributed by atoms with Crippen molar-refractivity contribution in [3.05, 3.63) is 54.0 Å². The molecule has 0 radical (unpaired) electrons. The zero-order valence-electron chi connectivity index (χ0n) is 15.4. The molecule has 0 saturated carbocycles. The minimum Gasteiger partial charge on any atom is -0.486 e. The smallest absolute Gasteiger partial charge is 0.286 e. The molecule has 1 amide bonds. The van der Waals surface area contributed by atoms with Gasteiger partial charge < -0.3 is 19.4 Å². The second-order valence-electron chi connectivity index (χ2n) is 6.86. The lowest BCUT2D eigenvalue weighted by Gasteiger charge is -2.33. The van der Waals surface area contributed by atoms with Crippen LogP contribution in [0.3, 0.4) is 0 Å².